The molecule has 23 heavy (non-hydrogen) atoms. The molecule has 0 radical (unpaired) electrons. The van der Waals surface area contributed by atoms with Gasteiger partial charge in [-0.25, -0.2) is 0 Å². The lowest BCUT2D eigenvalue weighted by molar-refractivity contribution is -0.341. The Morgan fingerprint density at radius 1 is 1.30 bits per heavy atom. The van der Waals surface area contributed by atoms with Crippen molar-refractivity contribution in [1.82, 2.24) is 5.32 Å². The van der Waals surface area contributed by atoms with E-state index in [2.05, 4.69) is 5.32 Å². The second kappa shape index (κ2) is 6.94. The van der Waals surface area contributed by atoms with E-state index in [-0.39, 0.29) is 12.5 Å². The lowest BCUT2D eigenvalue weighted by atomic mass is 9.95. The van der Waals surface area contributed by atoms with Crippen LogP contribution in [0.25, 0.3) is 0 Å². The molecule has 0 aromatic heterocycles. The standard InChI is InChI=1S/C16H21NO6/c1-9(18)17-12-13(19)14-11(22-16(12)20-2)8-21-15(23-14)10-6-4-3-5-7-10/h3-7,11-16,19H,8H2,1-2H3,(H,17,18)/t11-,12-,13-,14-,15?,16+/m1/s1. The zero-order valence-electron chi connectivity index (χ0n) is 13.0. The first-order valence-corrected chi connectivity index (χ1v) is 7.55. The van der Waals surface area contributed by atoms with Gasteiger partial charge in [-0.2, -0.15) is 0 Å². The molecule has 126 valence electrons. The third-order valence-electron chi connectivity index (χ3n) is 4.04. The fraction of sp³-hybridized carbons (Fsp3) is 0.562. The van der Waals surface area contributed by atoms with Crippen molar-refractivity contribution in [1.29, 1.82) is 0 Å². The molecular weight excluding hydrogens is 302 g/mol. The van der Waals surface area contributed by atoms with E-state index in [0.29, 0.717) is 0 Å². The molecule has 1 amide bonds. The van der Waals surface area contributed by atoms with Crippen molar-refractivity contribution in [2.45, 2.75) is 43.9 Å². The average molecular weight is 323 g/mol. The summed E-state index contributed by atoms with van der Waals surface area (Å²) in [5, 5.41) is 13.3. The topological polar surface area (TPSA) is 86.2 Å². The molecule has 0 aliphatic carbocycles. The second-order valence-electron chi connectivity index (χ2n) is 5.67. The molecule has 1 aromatic carbocycles. The minimum Gasteiger partial charge on any atom is -0.388 e. The van der Waals surface area contributed by atoms with Crippen molar-refractivity contribution >= 4 is 5.91 Å². The number of aliphatic hydroxyl groups is 1. The number of ether oxygens (including phenoxy) is 4. The van der Waals surface area contributed by atoms with Crippen LogP contribution in [0, 0.1) is 0 Å². The molecule has 0 spiro atoms. The zero-order valence-corrected chi connectivity index (χ0v) is 13.0. The van der Waals surface area contributed by atoms with Gasteiger partial charge in [0.2, 0.25) is 5.91 Å². The number of benzene rings is 1. The Morgan fingerprint density at radius 2 is 2.04 bits per heavy atom. The predicted octanol–water partition coefficient (Wildman–Crippen LogP) is 0.337. The highest BCUT2D eigenvalue weighted by Gasteiger charge is 2.49. The molecule has 2 saturated heterocycles. The van der Waals surface area contributed by atoms with Gasteiger partial charge in [0.1, 0.15) is 24.4 Å². The summed E-state index contributed by atoms with van der Waals surface area (Å²) in [6.07, 6.45) is -3.36. The summed E-state index contributed by atoms with van der Waals surface area (Å²) in [4.78, 5) is 11.4. The molecule has 2 N–H and O–H groups in total. The van der Waals surface area contributed by atoms with E-state index in [1.807, 2.05) is 30.3 Å². The van der Waals surface area contributed by atoms with Gasteiger partial charge in [-0.1, -0.05) is 30.3 Å². The van der Waals surface area contributed by atoms with Gasteiger partial charge < -0.3 is 29.4 Å². The number of nitrogens with one attached hydrogen (secondary N) is 1. The Kier molecular flexibility index (Phi) is 4.93. The molecular formula is C16H21NO6. The number of carbonyl (C=O) groups excluding carboxylic acids is 1. The Balaban J connectivity index is 1.76. The summed E-state index contributed by atoms with van der Waals surface area (Å²) in [6, 6.07) is 8.78. The summed E-state index contributed by atoms with van der Waals surface area (Å²) in [5.41, 5.74) is 0.864. The van der Waals surface area contributed by atoms with Crippen LogP contribution in [-0.2, 0) is 23.7 Å². The first-order valence-electron chi connectivity index (χ1n) is 7.55. The highest BCUT2D eigenvalue weighted by molar-refractivity contribution is 5.73. The molecule has 2 aliphatic rings. The van der Waals surface area contributed by atoms with E-state index < -0.39 is 36.9 Å². The molecule has 2 fully saturated rings. The number of carbonyl (C=O) groups is 1. The minimum absolute atomic E-state index is 0.272. The molecule has 0 saturated carbocycles. The van der Waals surface area contributed by atoms with E-state index >= 15 is 0 Å². The van der Waals surface area contributed by atoms with Crippen LogP contribution in [0.2, 0.25) is 0 Å². The highest BCUT2D eigenvalue weighted by atomic mass is 16.7. The minimum atomic E-state index is -0.960. The number of rotatable bonds is 3. The maximum absolute atomic E-state index is 11.4. The fourth-order valence-electron chi connectivity index (χ4n) is 2.96. The van der Waals surface area contributed by atoms with E-state index in [1.165, 1.54) is 14.0 Å². The predicted molar refractivity (Wildman–Crippen MR) is 79.3 cm³/mol. The van der Waals surface area contributed by atoms with E-state index in [4.69, 9.17) is 18.9 Å². The Bertz CT molecular complexity index is 539. The van der Waals surface area contributed by atoms with E-state index in [0.717, 1.165) is 5.56 Å². The van der Waals surface area contributed by atoms with Gasteiger partial charge in [0.05, 0.1) is 6.61 Å². The number of aliphatic hydroxyl groups excluding tert-OH is 1. The van der Waals surface area contributed by atoms with Crippen molar-refractivity contribution in [3.63, 3.8) is 0 Å². The Hall–Kier alpha value is -1.51. The van der Waals surface area contributed by atoms with Crippen LogP contribution in [0.5, 0.6) is 0 Å². The molecule has 7 heteroatoms. The second-order valence-corrected chi connectivity index (χ2v) is 5.67. The van der Waals surface area contributed by atoms with Crippen LogP contribution in [0.15, 0.2) is 30.3 Å². The first kappa shape index (κ1) is 16.4. The van der Waals surface area contributed by atoms with Gasteiger partial charge >= 0.3 is 0 Å². The first-order chi connectivity index (χ1) is 11.1. The van der Waals surface area contributed by atoms with Gasteiger partial charge in [-0.05, 0) is 0 Å². The van der Waals surface area contributed by atoms with E-state index in [9.17, 15) is 9.90 Å². The van der Waals surface area contributed by atoms with E-state index in [1.54, 1.807) is 0 Å². The maximum Gasteiger partial charge on any atom is 0.217 e. The Morgan fingerprint density at radius 3 is 2.70 bits per heavy atom. The van der Waals surface area contributed by atoms with Gasteiger partial charge in [0.15, 0.2) is 12.6 Å². The Labute approximate surface area is 134 Å². The van der Waals surface area contributed by atoms with Crippen molar-refractivity contribution in [3.8, 4) is 0 Å². The van der Waals surface area contributed by atoms with Gasteiger partial charge in [-0.3, -0.25) is 4.79 Å². The lowest BCUT2D eigenvalue weighted by Crippen LogP contribution is -2.66. The number of hydrogen-bond acceptors (Lipinski definition) is 6. The number of hydrogen-bond donors (Lipinski definition) is 2. The van der Waals surface area contributed by atoms with Gasteiger partial charge in [0, 0.05) is 19.6 Å². The molecule has 0 bridgehead atoms. The summed E-state index contributed by atoms with van der Waals surface area (Å²) in [5.74, 6) is -0.273. The highest BCUT2D eigenvalue weighted by Crippen LogP contribution is 2.34. The van der Waals surface area contributed by atoms with Crippen molar-refractivity contribution < 1.29 is 28.8 Å². The van der Waals surface area contributed by atoms with Crippen LogP contribution in [0.3, 0.4) is 0 Å². The maximum atomic E-state index is 11.4. The molecule has 3 rings (SSSR count). The molecule has 1 unspecified atom stereocenters. The smallest absolute Gasteiger partial charge is 0.217 e. The van der Waals surface area contributed by atoms with Crippen LogP contribution in [0.4, 0.5) is 0 Å². The fourth-order valence-corrected chi connectivity index (χ4v) is 2.96. The van der Waals surface area contributed by atoms with Crippen molar-refractivity contribution in [2.24, 2.45) is 0 Å². The summed E-state index contributed by atoms with van der Waals surface area (Å²) < 4.78 is 22.6. The lowest BCUT2D eigenvalue weighted by Gasteiger charge is -2.47. The largest absolute Gasteiger partial charge is 0.388 e. The monoisotopic (exact) mass is 323 g/mol. The molecule has 1 aromatic rings. The summed E-state index contributed by atoms with van der Waals surface area (Å²) in [6.45, 7) is 1.65. The third kappa shape index (κ3) is 3.39. The average Bonchev–Trinajstić information content (AvgIpc) is 2.57. The van der Waals surface area contributed by atoms with Gasteiger partial charge in [-0.15, -0.1) is 0 Å². The summed E-state index contributed by atoms with van der Waals surface area (Å²) >= 11 is 0. The molecule has 2 heterocycles. The zero-order chi connectivity index (χ0) is 16.4. The normalized spacial score (nSPS) is 37.0. The quantitative estimate of drug-likeness (QED) is 0.834. The van der Waals surface area contributed by atoms with Crippen molar-refractivity contribution in [2.75, 3.05) is 13.7 Å². The number of fused-ring (bicyclic) bond motifs is 1. The van der Waals surface area contributed by atoms with Gasteiger partial charge in [0.25, 0.3) is 0 Å². The SMILES string of the molecule is CO[C@H]1O[C@@H]2COC(c3ccccc3)O[C@H]2[C@H](O)[C@H]1NC(C)=O. The number of amides is 1. The van der Waals surface area contributed by atoms with Crippen LogP contribution in [-0.4, -0.2) is 55.4 Å². The summed E-state index contributed by atoms with van der Waals surface area (Å²) in [7, 11) is 1.46. The van der Waals surface area contributed by atoms with Crippen LogP contribution < -0.4 is 5.32 Å². The third-order valence-corrected chi connectivity index (χ3v) is 4.04. The molecule has 7 nitrogen and oxygen atoms in total. The molecule has 2 aliphatic heterocycles. The molecule has 6 atom stereocenters. The van der Waals surface area contributed by atoms with Crippen LogP contribution >= 0.6 is 0 Å². The number of methoxy groups -OCH3 is 1. The van der Waals surface area contributed by atoms with Crippen molar-refractivity contribution in [3.05, 3.63) is 35.9 Å². The van der Waals surface area contributed by atoms with Crippen LogP contribution in [0.1, 0.15) is 18.8 Å².